The molecule has 6 heteroatoms. The zero-order valence-electron chi connectivity index (χ0n) is 17.3. The van der Waals surface area contributed by atoms with E-state index in [9.17, 15) is 9.59 Å². The van der Waals surface area contributed by atoms with E-state index in [0.717, 1.165) is 41.8 Å². The molecule has 2 heterocycles. The number of hydrogen-bond donors (Lipinski definition) is 1. The van der Waals surface area contributed by atoms with Crippen LogP contribution in [-0.4, -0.2) is 49.6 Å². The first-order valence-electron chi connectivity index (χ1n) is 10.6. The molecule has 0 aromatic heterocycles. The van der Waals surface area contributed by atoms with E-state index in [2.05, 4.69) is 5.32 Å². The summed E-state index contributed by atoms with van der Waals surface area (Å²) in [5.41, 5.74) is 2.83. The highest BCUT2D eigenvalue weighted by atomic mass is 16.5. The number of methoxy groups -OCH3 is 1. The second kappa shape index (κ2) is 9.30. The Morgan fingerprint density at radius 1 is 1.03 bits per heavy atom. The number of rotatable bonds is 5. The summed E-state index contributed by atoms with van der Waals surface area (Å²) in [5.74, 6) is 0.779. The average Bonchev–Trinajstić information content (AvgIpc) is 3.30. The van der Waals surface area contributed by atoms with Gasteiger partial charge >= 0.3 is 0 Å². The van der Waals surface area contributed by atoms with E-state index < -0.39 is 6.04 Å². The molecule has 2 aliphatic rings. The summed E-state index contributed by atoms with van der Waals surface area (Å²) < 4.78 is 10.6. The molecule has 2 saturated heterocycles. The second-order valence-electron chi connectivity index (χ2n) is 7.87. The van der Waals surface area contributed by atoms with Gasteiger partial charge in [0.15, 0.2) is 0 Å². The van der Waals surface area contributed by atoms with Gasteiger partial charge in [0.25, 0.3) is 0 Å². The van der Waals surface area contributed by atoms with E-state index in [1.165, 1.54) is 0 Å². The largest absolute Gasteiger partial charge is 0.497 e. The molecule has 4 rings (SSSR count). The second-order valence-corrected chi connectivity index (χ2v) is 7.87. The molecule has 2 aromatic carbocycles. The first kappa shape index (κ1) is 20.4. The lowest BCUT2D eigenvalue weighted by Crippen LogP contribution is -2.46. The molecule has 0 saturated carbocycles. The lowest BCUT2D eigenvalue weighted by atomic mass is 9.98. The van der Waals surface area contributed by atoms with Crippen molar-refractivity contribution in [2.24, 2.45) is 5.92 Å². The van der Waals surface area contributed by atoms with Crippen LogP contribution in [0.3, 0.4) is 0 Å². The van der Waals surface area contributed by atoms with Crippen molar-refractivity contribution in [3.63, 3.8) is 0 Å². The SMILES string of the molecule is COc1cccc(-c2ccc(NC(=O)C3CCCN3C(=O)C3CCOCC3)cc2)c1. The van der Waals surface area contributed by atoms with Gasteiger partial charge in [-0.25, -0.2) is 0 Å². The molecule has 6 nitrogen and oxygen atoms in total. The van der Waals surface area contributed by atoms with Gasteiger partial charge in [-0.05, 0) is 61.1 Å². The minimum atomic E-state index is -0.390. The fourth-order valence-corrected chi connectivity index (χ4v) is 4.26. The highest BCUT2D eigenvalue weighted by Gasteiger charge is 2.37. The molecule has 1 N–H and O–H groups in total. The minimum absolute atomic E-state index is 0.0192. The molecule has 0 radical (unpaired) electrons. The van der Waals surface area contributed by atoms with Crippen molar-refractivity contribution in [3.8, 4) is 16.9 Å². The summed E-state index contributed by atoms with van der Waals surface area (Å²) in [6.07, 6.45) is 3.06. The van der Waals surface area contributed by atoms with Crippen molar-refractivity contribution >= 4 is 17.5 Å². The average molecular weight is 408 g/mol. The van der Waals surface area contributed by atoms with E-state index in [4.69, 9.17) is 9.47 Å². The number of carbonyl (C=O) groups excluding carboxylic acids is 2. The standard InChI is InChI=1S/C24H28N2O4/c1-29-21-5-2-4-19(16-21)17-7-9-20(10-8-17)25-23(27)22-6-3-13-26(22)24(28)18-11-14-30-15-12-18/h2,4-5,7-10,16,18,22H,3,6,11-15H2,1H3,(H,25,27). The highest BCUT2D eigenvalue weighted by Crippen LogP contribution is 2.27. The van der Waals surface area contributed by atoms with Gasteiger partial charge in [0, 0.05) is 31.4 Å². The summed E-state index contributed by atoms with van der Waals surface area (Å²) in [7, 11) is 1.65. The Bertz CT molecular complexity index is 890. The number of anilines is 1. The smallest absolute Gasteiger partial charge is 0.247 e. The van der Waals surface area contributed by atoms with Gasteiger partial charge in [-0.15, -0.1) is 0 Å². The number of ether oxygens (including phenoxy) is 2. The summed E-state index contributed by atoms with van der Waals surface area (Å²) in [6.45, 7) is 1.91. The molecule has 1 unspecified atom stereocenters. The quantitative estimate of drug-likeness (QED) is 0.819. The summed E-state index contributed by atoms with van der Waals surface area (Å²) in [5, 5.41) is 2.99. The lowest BCUT2D eigenvalue weighted by Gasteiger charge is -2.30. The molecule has 158 valence electrons. The van der Waals surface area contributed by atoms with Crippen molar-refractivity contribution in [2.75, 3.05) is 32.2 Å². The first-order valence-corrected chi connectivity index (χ1v) is 10.6. The molecule has 0 spiro atoms. The van der Waals surface area contributed by atoms with Crippen LogP contribution in [0.15, 0.2) is 48.5 Å². The van der Waals surface area contributed by atoms with Crippen molar-refractivity contribution < 1.29 is 19.1 Å². The maximum Gasteiger partial charge on any atom is 0.247 e. The monoisotopic (exact) mass is 408 g/mol. The Kier molecular flexibility index (Phi) is 6.33. The van der Waals surface area contributed by atoms with Crippen LogP contribution in [0.4, 0.5) is 5.69 Å². The minimum Gasteiger partial charge on any atom is -0.497 e. The normalized spacial score (nSPS) is 19.5. The Labute approximate surface area is 177 Å². The Balaban J connectivity index is 1.40. The van der Waals surface area contributed by atoms with Crippen LogP contribution in [0.1, 0.15) is 25.7 Å². The molecule has 0 aliphatic carbocycles. The van der Waals surface area contributed by atoms with Gasteiger partial charge < -0.3 is 19.7 Å². The van der Waals surface area contributed by atoms with Crippen LogP contribution in [0.5, 0.6) is 5.75 Å². The third-order valence-electron chi connectivity index (χ3n) is 5.96. The number of likely N-dealkylation sites (tertiary alicyclic amines) is 1. The zero-order chi connectivity index (χ0) is 20.9. The molecular formula is C24H28N2O4. The van der Waals surface area contributed by atoms with Gasteiger partial charge in [0.05, 0.1) is 7.11 Å². The molecule has 2 amide bonds. The van der Waals surface area contributed by atoms with Gasteiger partial charge in [-0.2, -0.15) is 0 Å². The Morgan fingerprint density at radius 2 is 1.80 bits per heavy atom. The molecular weight excluding hydrogens is 380 g/mol. The number of nitrogens with one attached hydrogen (secondary N) is 1. The fraction of sp³-hybridized carbons (Fsp3) is 0.417. The van der Waals surface area contributed by atoms with Gasteiger partial charge in [0.1, 0.15) is 11.8 Å². The molecule has 2 aromatic rings. The fourth-order valence-electron chi connectivity index (χ4n) is 4.26. The molecule has 2 fully saturated rings. The molecule has 1 atom stereocenters. The van der Waals surface area contributed by atoms with Crippen LogP contribution >= 0.6 is 0 Å². The van der Waals surface area contributed by atoms with Crippen LogP contribution in [0.2, 0.25) is 0 Å². The van der Waals surface area contributed by atoms with Crippen LogP contribution in [0.25, 0.3) is 11.1 Å². The molecule has 0 bridgehead atoms. The van der Waals surface area contributed by atoms with Gasteiger partial charge in [-0.3, -0.25) is 9.59 Å². The number of nitrogens with zero attached hydrogens (tertiary/aromatic N) is 1. The Hall–Kier alpha value is -2.86. The van der Waals surface area contributed by atoms with Crippen molar-refractivity contribution in [1.29, 1.82) is 0 Å². The maximum atomic E-state index is 12.9. The first-order chi connectivity index (χ1) is 14.7. The van der Waals surface area contributed by atoms with Gasteiger partial charge in [-0.1, -0.05) is 24.3 Å². The van der Waals surface area contributed by atoms with E-state index in [1.807, 2.05) is 48.5 Å². The van der Waals surface area contributed by atoms with E-state index >= 15 is 0 Å². The lowest BCUT2D eigenvalue weighted by molar-refractivity contribution is -0.142. The predicted octanol–water partition coefficient (Wildman–Crippen LogP) is 3.72. The summed E-state index contributed by atoms with van der Waals surface area (Å²) in [6, 6.07) is 15.2. The van der Waals surface area contributed by atoms with Crippen molar-refractivity contribution in [1.82, 2.24) is 4.90 Å². The highest BCUT2D eigenvalue weighted by molar-refractivity contribution is 5.98. The van der Waals surface area contributed by atoms with Crippen LogP contribution < -0.4 is 10.1 Å². The third-order valence-corrected chi connectivity index (χ3v) is 5.96. The van der Waals surface area contributed by atoms with E-state index in [0.29, 0.717) is 26.2 Å². The van der Waals surface area contributed by atoms with Crippen LogP contribution in [-0.2, 0) is 14.3 Å². The number of carbonyl (C=O) groups is 2. The zero-order valence-corrected chi connectivity index (χ0v) is 17.3. The van der Waals surface area contributed by atoms with Crippen LogP contribution in [0, 0.1) is 5.92 Å². The topological polar surface area (TPSA) is 67.9 Å². The summed E-state index contributed by atoms with van der Waals surface area (Å²) >= 11 is 0. The predicted molar refractivity (Wildman–Crippen MR) is 115 cm³/mol. The number of benzene rings is 2. The van der Waals surface area contributed by atoms with Crippen molar-refractivity contribution in [2.45, 2.75) is 31.7 Å². The van der Waals surface area contributed by atoms with Crippen molar-refractivity contribution in [3.05, 3.63) is 48.5 Å². The molecule has 2 aliphatic heterocycles. The summed E-state index contributed by atoms with van der Waals surface area (Å²) in [4.78, 5) is 27.6. The van der Waals surface area contributed by atoms with E-state index in [1.54, 1.807) is 12.0 Å². The third kappa shape index (κ3) is 4.49. The maximum absolute atomic E-state index is 12.9. The van der Waals surface area contributed by atoms with E-state index in [-0.39, 0.29) is 17.7 Å². The Morgan fingerprint density at radius 3 is 2.53 bits per heavy atom. The van der Waals surface area contributed by atoms with Gasteiger partial charge in [0.2, 0.25) is 11.8 Å². The number of amides is 2. The number of hydrogen-bond acceptors (Lipinski definition) is 4. The molecule has 30 heavy (non-hydrogen) atoms.